The van der Waals surface area contributed by atoms with Crippen molar-refractivity contribution in [2.45, 2.75) is 71.5 Å². The van der Waals surface area contributed by atoms with Crippen LogP contribution in [0.2, 0.25) is 0 Å². The van der Waals surface area contributed by atoms with E-state index in [9.17, 15) is 8.78 Å². The second-order valence-corrected chi connectivity index (χ2v) is 9.54. The number of hydrogen-bond donors (Lipinski definition) is 0. The van der Waals surface area contributed by atoms with Crippen molar-refractivity contribution in [3.8, 4) is 0 Å². The van der Waals surface area contributed by atoms with Crippen molar-refractivity contribution < 1.29 is 17.9 Å². The van der Waals surface area contributed by atoms with E-state index in [4.69, 9.17) is 4.74 Å². The van der Waals surface area contributed by atoms with Gasteiger partial charge in [-0.1, -0.05) is 45.4 Å². The van der Waals surface area contributed by atoms with Gasteiger partial charge in [-0.3, -0.25) is 4.99 Å². The summed E-state index contributed by atoms with van der Waals surface area (Å²) in [6.07, 6.45) is 5.76. The van der Waals surface area contributed by atoms with Crippen LogP contribution in [0.1, 0.15) is 70.4 Å². The van der Waals surface area contributed by atoms with E-state index < -0.39 is 6.43 Å². The quantitative estimate of drug-likeness (QED) is 0.410. The molecule has 5 atom stereocenters. The van der Waals surface area contributed by atoms with Gasteiger partial charge in [0.15, 0.2) is 0 Å². The molecule has 5 heteroatoms. The van der Waals surface area contributed by atoms with Gasteiger partial charge < -0.3 is 4.74 Å². The highest BCUT2D eigenvalue weighted by atomic mass is 19.3. The fourth-order valence-corrected chi connectivity index (χ4v) is 5.31. The maximum Gasteiger partial charge on any atom is 0.263 e. The highest BCUT2D eigenvalue weighted by molar-refractivity contribution is 6.03. The molecule has 2 nitrogen and oxygen atoms in total. The second kappa shape index (κ2) is 9.32. The Morgan fingerprint density at radius 3 is 2.71 bits per heavy atom. The van der Waals surface area contributed by atoms with Gasteiger partial charge in [0.05, 0.1) is 17.9 Å². The Morgan fingerprint density at radius 1 is 1.19 bits per heavy atom. The third-order valence-electron chi connectivity index (χ3n) is 7.14. The third-order valence-corrected chi connectivity index (χ3v) is 7.14. The molecule has 1 aliphatic carbocycles. The van der Waals surface area contributed by atoms with Gasteiger partial charge in [0.25, 0.3) is 6.43 Å². The van der Waals surface area contributed by atoms with E-state index in [2.05, 4.69) is 25.8 Å². The number of epoxide rings is 1. The average molecular weight is 432 g/mol. The van der Waals surface area contributed by atoms with Crippen molar-refractivity contribution in [2.24, 2.45) is 28.7 Å². The van der Waals surface area contributed by atoms with Crippen LogP contribution in [0.5, 0.6) is 0 Å². The largest absolute Gasteiger partial charge is 0.369 e. The number of allylic oxidation sites excluding steroid dienone is 3. The van der Waals surface area contributed by atoms with Gasteiger partial charge in [-0.25, -0.2) is 13.2 Å². The van der Waals surface area contributed by atoms with Crippen LogP contribution < -0.4 is 0 Å². The van der Waals surface area contributed by atoms with Crippen LogP contribution in [0.3, 0.4) is 0 Å². The van der Waals surface area contributed by atoms with Crippen molar-refractivity contribution in [3.05, 3.63) is 53.5 Å². The Morgan fingerprint density at radius 2 is 2.00 bits per heavy atom. The molecule has 0 spiro atoms. The molecule has 1 aromatic carbocycles. The number of halogens is 3. The molecule has 0 amide bonds. The Bertz CT molecular complexity index is 888. The van der Waals surface area contributed by atoms with Crippen LogP contribution in [0.4, 0.5) is 13.2 Å². The topological polar surface area (TPSA) is 24.9 Å². The van der Waals surface area contributed by atoms with E-state index in [0.717, 1.165) is 36.8 Å². The second-order valence-electron chi connectivity index (χ2n) is 9.54. The number of aliphatic imine (C=N–C) groups is 1. The van der Waals surface area contributed by atoms with Gasteiger partial charge in [-0.2, -0.15) is 0 Å². The minimum absolute atomic E-state index is 0.00551. The summed E-state index contributed by atoms with van der Waals surface area (Å²) in [4.78, 5) is 4.43. The van der Waals surface area contributed by atoms with Gasteiger partial charge in [-0.15, -0.1) is 0 Å². The number of benzene rings is 1. The zero-order valence-electron chi connectivity index (χ0n) is 18.5. The molecule has 168 valence electrons. The Hall–Kier alpha value is -1.88. The van der Waals surface area contributed by atoms with E-state index in [-0.39, 0.29) is 29.3 Å². The minimum atomic E-state index is -2.50. The third kappa shape index (κ3) is 4.97. The molecule has 0 radical (unpaired) electrons. The Balaban J connectivity index is 1.44. The van der Waals surface area contributed by atoms with Crippen molar-refractivity contribution >= 4 is 11.3 Å². The minimum Gasteiger partial charge on any atom is -0.369 e. The summed E-state index contributed by atoms with van der Waals surface area (Å²) in [5.74, 6) is 1.07. The first-order valence-corrected chi connectivity index (χ1v) is 11.6. The van der Waals surface area contributed by atoms with Crippen LogP contribution in [0.25, 0.3) is 5.57 Å². The van der Waals surface area contributed by atoms with Crippen LogP contribution in [-0.2, 0) is 4.74 Å². The molecule has 5 unspecified atom stereocenters. The number of alkyl halides is 2. The summed E-state index contributed by atoms with van der Waals surface area (Å²) >= 11 is 0. The molecule has 0 aromatic heterocycles. The average Bonchev–Trinajstić information content (AvgIpc) is 3.52. The molecule has 0 N–H and O–H groups in total. The van der Waals surface area contributed by atoms with Gasteiger partial charge in [-0.05, 0) is 66.7 Å². The molecule has 1 saturated heterocycles. The number of ether oxygens (including phenoxy) is 1. The van der Waals surface area contributed by atoms with Gasteiger partial charge in [0.1, 0.15) is 5.83 Å². The highest BCUT2D eigenvalue weighted by Gasteiger charge is 2.45. The van der Waals surface area contributed by atoms with Crippen LogP contribution >= 0.6 is 0 Å². The number of fused-ring (bicyclic) bond motifs is 1. The summed E-state index contributed by atoms with van der Waals surface area (Å²) in [6.45, 7) is 6.68. The number of nitrogens with zero attached hydrogens (tertiary/aromatic N) is 1. The molecule has 0 bridgehead atoms. The SMILES string of the molecule is CCC(C(C)C)C1OC1CC1C=C(F)C2=NC=C(c3cccc(C(F)F)c3)CC2CC1. The summed E-state index contributed by atoms with van der Waals surface area (Å²) in [5, 5.41) is 0. The predicted molar refractivity (Wildman–Crippen MR) is 119 cm³/mol. The maximum absolute atomic E-state index is 15.0. The van der Waals surface area contributed by atoms with Crippen molar-refractivity contribution in [3.63, 3.8) is 0 Å². The van der Waals surface area contributed by atoms with Crippen molar-refractivity contribution in [2.75, 3.05) is 0 Å². The monoisotopic (exact) mass is 431 g/mol. The predicted octanol–water partition coefficient (Wildman–Crippen LogP) is 7.53. The summed E-state index contributed by atoms with van der Waals surface area (Å²) in [7, 11) is 0. The normalized spacial score (nSPS) is 29.1. The van der Waals surface area contributed by atoms with Gasteiger partial charge in [0, 0.05) is 17.7 Å². The molecule has 0 saturated carbocycles. The zero-order valence-corrected chi connectivity index (χ0v) is 18.5. The van der Waals surface area contributed by atoms with E-state index in [1.165, 1.54) is 12.1 Å². The van der Waals surface area contributed by atoms with Gasteiger partial charge >= 0.3 is 0 Å². The smallest absolute Gasteiger partial charge is 0.263 e. The van der Waals surface area contributed by atoms with E-state index in [0.29, 0.717) is 30.1 Å². The van der Waals surface area contributed by atoms with Crippen LogP contribution in [-0.4, -0.2) is 17.9 Å². The molecule has 2 aliphatic heterocycles. The lowest BCUT2D eigenvalue weighted by Gasteiger charge is -2.22. The summed E-state index contributed by atoms with van der Waals surface area (Å²) < 4.78 is 47.1. The Labute approximate surface area is 183 Å². The van der Waals surface area contributed by atoms with Crippen LogP contribution in [0, 0.1) is 23.7 Å². The molecule has 2 heterocycles. The zero-order chi connectivity index (χ0) is 22.1. The molecule has 31 heavy (non-hydrogen) atoms. The van der Waals surface area contributed by atoms with Crippen LogP contribution in [0.15, 0.2) is 47.4 Å². The maximum atomic E-state index is 15.0. The first-order valence-electron chi connectivity index (χ1n) is 11.6. The molecule has 1 fully saturated rings. The summed E-state index contributed by atoms with van der Waals surface area (Å²) in [6, 6.07) is 6.42. The number of hydrogen-bond acceptors (Lipinski definition) is 2. The lowest BCUT2D eigenvalue weighted by molar-refractivity contribution is 0.151. The molecule has 3 aliphatic rings. The molecular weight excluding hydrogens is 399 g/mol. The lowest BCUT2D eigenvalue weighted by atomic mass is 9.84. The van der Waals surface area contributed by atoms with Crippen molar-refractivity contribution in [1.29, 1.82) is 0 Å². The highest BCUT2D eigenvalue weighted by Crippen LogP contribution is 2.42. The molecule has 1 aromatic rings. The van der Waals surface area contributed by atoms with E-state index in [1.807, 2.05) is 6.07 Å². The van der Waals surface area contributed by atoms with Gasteiger partial charge in [0.2, 0.25) is 0 Å². The first kappa shape index (κ1) is 22.3. The fourth-order valence-electron chi connectivity index (χ4n) is 5.31. The lowest BCUT2D eigenvalue weighted by Crippen LogP contribution is -2.18. The standard InChI is InChI=1S/C26H32F3NO/c1-4-21(15(2)3)25-23(31-25)11-16-8-9-18-13-20(14-30-24(18)22(27)10-16)17-6-5-7-19(12-17)26(28)29/h5-7,10,12,14-16,18,21,23,25-26H,4,8-9,11,13H2,1-3H3. The molecular formula is C26H32F3NO. The summed E-state index contributed by atoms with van der Waals surface area (Å²) in [5.41, 5.74) is 2.17. The number of rotatable bonds is 7. The fraction of sp³-hybridized carbons (Fsp3) is 0.577. The van der Waals surface area contributed by atoms with E-state index >= 15 is 4.39 Å². The molecule has 4 rings (SSSR count). The Kier molecular flexibility index (Phi) is 6.71. The van der Waals surface area contributed by atoms with Crippen molar-refractivity contribution in [1.82, 2.24) is 0 Å². The first-order chi connectivity index (χ1) is 14.9. The van der Waals surface area contributed by atoms with E-state index in [1.54, 1.807) is 18.3 Å².